The maximum Gasteiger partial charge on any atom is 0.159 e. The van der Waals surface area contributed by atoms with Crippen molar-refractivity contribution in [2.24, 2.45) is 7.05 Å². The fourth-order valence-electron chi connectivity index (χ4n) is 4.13. The van der Waals surface area contributed by atoms with Crippen LogP contribution in [0.3, 0.4) is 0 Å². The fourth-order valence-corrected chi connectivity index (χ4v) is 4.13. The zero-order valence-electron chi connectivity index (χ0n) is 14.7. The SMILES string of the molecule is CCCCc1cccc2c1oc1c2ccc2c3ccccc3n(C)c21. The molecule has 0 bridgehead atoms. The summed E-state index contributed by atoms with van der Waals surface area (Å²) in [4.78, 5) is 0. The highest BCUT2D eigenvalue weighted by atomic mass is 16.3. The first-order chi connectivity index (χ1) is 12.3. The largest absolute Gasteiger partial charge is 0.454 e. The van der Waals surface area contributed by atoms with Crippen LogP contribution in [0.4, 0.5) is 0 Å². The summed E-state index contributed by atoms with van der Waals surface area (Å²) in [5, 5.41) is 5.00. The molecule has 0 amide bonds. The minimum absolute atomic E-state index is 1.01. The number of furan rings is 1. The molecule has 0 saturated heterocycles. The Kier molecular flexibility index (Phi) is 3.14. The number of benzene rings is 3. The second kappa shape index (κ2) is 5.38. The number of hydrogen-bond donors (Lipinski definition) is 0. The van der Waals surface area contributed by atoms with E-state index in [1.807, 2.05) is 0 Å². The normalized spacial score (nSPS) is 12.1. The minimum Gasteiger partial charge on any atom is -0.454 e. The van der Waals surface area contributed by atoms with Crippen LogP contribution in [0.5, 0.6) is 0 Å². The Bertz CT molecular complexity index is 1240. The molecule has 2 heteroatoms. The Hall–Kier alpha value is -2.74. The maximum absolute atomic E-state index is 6.48. The average Bonchev–Trinajstić information content (AvgIpc) is 3.17. The van der Waals surface area contributed by atoms with E-state index in [2.05, 4.69) is 73.1 Å². The summed E-state index contributed by atoms with van der Waals surface area (Å²) in [6.45, 7) is 2.23. The smallest absolute Gasteiger partial charge is 0.159 e. The average molecular weight is 327 g/mol. The lowest BCUT2D eigenvalue weighted by Gasteiger charge is -2.00. The Labute approximate surface area is 146 Å². The van der Waals surface area contributed by atoms with Crippen LogP contribution in [-0.2, 0) is 13.5 Å². The van der Waals surface area contributed by atoms with Gasteiger partial charge in [0.1, 0.15) is 5.58 Å². The van der Waals surface area contributed by atoms with Crippen molar-refractivity contribution in [2.45, 2.75) is 26.2 Å². The number of aryl methyl sites for hydroxylation is 2. The number of rotatable bonds is 3. The van der Waals surface area contributed by atoms with Gasteiger partial charge in [-0.2, -0.15) is 0 Å². The van der Waals surface area contributed by atoms with E-state index in [1.54, 1.807) is 0 Å². The molecule has 3 aromatic carbocycles. The first kappa shape index (κ1) is 14.6. The molecule has 0 N–H and O–H groups in total. The lowest BCUT2D eigenvalue weighted by molar-refractivity contribution is 0.659. The summed E-state index contributed by atoms with van der Waals surface area (Å²) in [7, 11) is 2.13. The molecule has 124 valence electrons. The van der Waals surface area contributed by atoms with E-state index in [0.29, 0.717) is 0 Å². The van der Waals surface area contributed by atoms with Crippen LogP contribution >= 0.6 is 0 Å². The summed E-state index contributed by atoms with van der Waals surface area (Å²) < 4.78 is 8.75. The molecule has 0 aliphatic rings. The molecule has 0 aliphatic carbocycles. The van der Waals surface area contributed by atoms with Crippen LogP contribution < -0.4 is 0 Å². The van der Waals surface area contributed by atoms with Crippen LogP contribution in [0.15, 0.2) is 59.0 Å². The van der Waals surface area contributed by atoms with Crippen LogP contribution in [0.25, 0.3) is 43.7 Å². The Balaban J connectivity index is 1.93. The lowest BCUT2D eigenvalue weighted by atomic mass is 10.0. The summed E-state index contributed by atoms with van der Waals surface area (Å²) >= 11 is 0. The molecular formula is C23H21NO. The molecule has 0 spiro atoms. The number of hydrogen-bond acceptors (Lipinski definition) is 1. The maximum atomic E-state index is 6.48. The second-order valence-electron chi connectivity index (χ2n) is 6.91. The van der Waals surface area contributed by atoms with E-state index in [4.69, 9.17) is 4.42 Å². The lowest BCUT2D eigenvalue weighted by Crippen LogP contribution is -1.86. The molecule has 0 unspecified atom stereocenters. The molecule has 25 heavy (non-hydrogen) atoms. The quantitative estimate of drug-likeness (QED) is 0.366. The van der Waals surface area contributed by atoms with E-state index >= 15 is 0 Å². The number of fused-ring (bicyclic) bond motifs is 7. The summed E-state index contributed by atoms with van der Waals surface area (Å²) in [5.41, 5.74) is 5.83. The summed E-state index contributed by atoms with van der Waals surface area (Å²) in [6.07, 6.45) is 3.47. The predicted molar refractivity (Wildman–Crippen MR) is 106 cm³/mol. The van der Waals surface area contributed by atoms with E-state index in [-0.39, 0.29) is 0 Å². The first-order valence-corrected chi connectivity index (χ1v) is 9.10. The van der Waals surface area contributed by atoms with Gasteiger partial charge < -0.3 is 8.98 Å². The highest BCUT2D eigenvalue weighted by Crippen LogP contribution is 2.39. The Morgan fingerprint density at radius 2 is 1.56 bits per heavy atom. The van der Waals surface area contributed by atoms with Crippen molar-refractivity contribution in [3.05, 3.63) is 60.2 Å². The zero-order chi connectivity index (χ0) is 17.0. The van der Waals surface area contributed by atoms with Gasteiger partial charge in [-0.3, -0.25) is 0 Å². The number of unbranched alkanes of at least 4 members (excludes halogenated alkanes) is 1. The summed E-state index contributed by atoms with van der Waals surface area (Å²) in [5.74, 6) is 0. The molecular weight excluding hydrogens is 306 g/mol. The van der Waals surface area contributed by atoms with E-state index < -0.39 is 0 Å². The van der Waals surface area contributed by atoms with Crippen molar-refractivity contribution in [3.63, 3.8) is 0 Å². The van der Waals surface area contributed by atoms with Gasteiger partial charge in [0, 0.05) is 34.1 Å². The Morgan fingerprint density at radius 3 is 2.44 bits per heavy atom. The molecule has 0 aliphatic heterocycles. The van der Waals surface area contributed by atoms with Gasteiger partial charge >= 0.3 is 0 Å². The van der Waals surface area contributed by atoms with Crippen molar-refractivity contribution in [3.8, 4) is 0 Å². The standard InChI is InChI=1S/C23H21NO/c1-3-4-8-15-9-7-11-18-19-14-13-17-16-10-5-6-12-20(16)24(2)21(17)23(19)25-22(15)18/h5-7,9-14H,3-4,8H2,1-2H3. The number of aromatic nitrogens is 1. The minimum atomic E-state index is 1.01. The highest BCUT2D eigenvalue weighted by Gasteiger charge is 2.17. The fraction of sp³-hybridized carbons (Fsp3) is 0.217. The van der Waals surface area contributed by atoms with Crippen molar-refractivity contribution in [1.82, 2.24) is 4.57 Å². The molecule has 5 rings (SSSR count). The van der Waals surface area contributed by atoms with Gasteiger partial charge in [-0.25, -0.2) is 0 Å². The number of nitrogens with zero attached hydrogens (tertiary/aromatic N) is 1. The van der Waals surface area contributed by atoms with Crippen molar-refractivity contribution < 1.29 is 4.42 Å². The van der Waals surface area contributed by atoms with Gasteiger partial charge in [-0.05, 0) is 30.5 Å². The third-order valence-electron chi connectivity index (χ3n) is 5.41. The molecule has 0 saturated carbocycles. The van der Waals surface area contributed by atoms with Gasteiger partial charge in [-0.15, -0.1) is 0 Å². The van der Waals surface area contributed by atoms with E-state index in [9.17, 15) is 0 Å². The van der Waals surface area contributed by atoms with E-state index in [0.717, 1.165) is 17.6 Å². The molecule has 0 fully saturated rings. The van der Waals surface area contributed by atoms with Gasteiger partial charge in [-0.1, -0.05) is 55.8 Å². The Morgan fingerprint density at radius 1 is 0.800 bits per heavy atom. The highest BCUT2D eigenvalue weighted by molar-refractivity contribution is 6.20. The molecule has 2 nitrogen and oxygen atoms in total. The molecule has 2 aromatic heterocycles. The molecule has 5 aromatic rings. The third-order valence-corrected chi connectivity index (χ3v) is 5.41. The number of para-hydroxylation sites is 2. The topological polar surface area (TPSA) is 18.1 Å². The monoisotopic (exact) mass is 327 g/mol. The van der Waals surface area contributed by atoms with Crippen LogP contribution in [-0.4, -0.2) is 4.57 Å². The van der Waals surface area contributed by atoms with Crippen LogP contribution in [0, 0.1) is 0 Å². The van der Waals surface area contributed by atoms with Gasteiger partial charge in [0.15, 0.2) is 5.58 Å². The van der Waals surface area contributed by atoms with Gasteiger partial charge in [0.2, 0.25) is 0 Å². The van der Waals surface area contributed by atoms with Crippen molar-refractivity contribution in [1.29, 1.82) is 0 Å². The molecule has 2 heterocycles. The predicted octanol–water partition coefficient (Wildman–Crippen LogP) is 6.57. The third kappa shape index (κ3) is 1.97. The van der Waals surface area contributed by atoms with Crippen LogP contribution in [0.2, 0.25) is 0 Å². The second-order valence-corrected chi connectivity index (χ2v) is 6.91. The van der Waals surface area contributed by atoms with Gasteiger partial charge in [0.25, 0.3) is 0 Å². The van der Waals surface area contributed by atoms with Crippen LogP contribution in [0.1, 0.15) is 25.3 Å². The first-order valence-electron chi connectivity index (χ1n) is 9.10. The van der Waals surface area contributed by atoms with Crippen molar-refractivity contribution in [2.75, 3.05) is 0 Å². The van der Waals surface area contributed by atoms with E-state index in [1.165, 1.54) is 51.0 Å². The zero-order valence-corrected chi connectivity index (χ0v) is 14.7. The van der Waals surface area contributed by atoms with Gasteiger partial charge in [0.05, 0.1) is 5.52 Å². The molecule has 0 radical (unpaired) electrons. The summed E-state index contributed by atoms with van der Waals surface area (Å²) in [6, 6.07) is 19.6. The molecule has 0 atom stereocenters. The van der Waals surface area contributed by atoms with Crippen molar-refractivity contribution >= 4 is 43.7 Å².